The van der Waals surface area contributed by atoms with E-state index in [0.29, 0.717) is 36.0 Å². The van der Waals surface area contributed by atoms with Crippen molar-refractivity contribution in [2.45, 2.75) is 19.5 Å². The molecule has 0 aromatic heterocycles. The average molecular weight is 472 g/mol. The Kier molecular flexibility index (Phi) is 5.91. The number of aliphatic hydroxyl groups excluding tert-OH is 1. The van der Waals surface area contributed by atoms with E-state index < -0.39 is 17.7 Å². The quantitative estimate of drug-likeness (QED) is 0.337. The summed E-state index contributed by atoms with van der Waals surface area (Å²) in [5, 5.41) is 11.4. The van der Waals surface area contributed by atoms with Gasteiger partial charge in [-0.1, -0.05) is 48.0 Å². The molecule has 1 unspecified atom stereocenters. The number of carbonyl (C=O) groups is 2. The molecule has 2 heterocycles. The number of ketones is 1. The number of methoxy groups -OCH3 is 1. The van der Waals surface area contributed by atoms with E-state index >= 15 is 0 Å². The van der Waals surface area contributed by atoms with Crippen molar-refractivity contribution in [3.8, 4) is 17.2 Å². The third kappa shape index (κ3) is 4.10. The van der Waals surface area contributed by atoms with Crippen molar-refractivity contribution in [3.05, 3.63) is 94.6 Å². The molecule has 1 atom stereocenters. The maximum Gasteiger partial charge on any atom is 0.295 e. The van der Waals surface area contributed by atoms with Gasteiger partial charge in [0.05, 0.1) is 25.3 Å². The molecule has 0 radical (unpaired) electrons. The number of aliphatic hydroxyl groups is 1. The molecular weight excluding hydrogens is 446 g/mol. The summed E-state index contributed by atoms with van der Waals surface area (Å²) in [6.07, 6.45) is 0. The molecule has 5 rings (SSSR count). The molecule has 0 saturated carbocycles. The van der Waals surface area contributed by atoms with Crippen LogP contribution >= 0.6 is 0 Å². The monoisotopic (exact) mass is 471 g/mol. The van der Waals surface area contributed by atoms with Crippen molar-refractivity contribution >= 4 is 17.4 Å². The van der Waals surface area contributed by atoms with Gasteiger partial charge in [-0.3, -0.25) is 9.59 Å². The number of likely N-dealkylation sites (tertiary alicyclic amines) is 1. The summed E-state index contributed by atoms with van der Waals surface area (Å²) in [6, 6.07) is 19.2. The molecule has 35 heavy (non-hydrogen) atoms. The summed E-state index contributed by atoms with van der Waals surface area (Å²) in [7, 11) is 1.56. The van der Waals surface area contributed by atoms with Crippen molar-refractivity contribution in [1.29, 1.82) is 0 Å². The van der Waals surface area contributed by atoms with Gasteiger partial charge in [-0.05, 0) is 36.8 Å². The molecule has 1 fully saturated rings. The topological polar surface area (TPSA) is 85.3 Å². The first-order valence-electron chi connectivity index (χ1n) is 11.3. The first-order valence-corrected chi connectivity index (χ1v) is 11.3. The molecule has 7 nitrogen and oxygen atoms in total. The van der Waals surface area contributed by atoms with Gasteiger partial charge in [-0.25, -0.2) is 0 Å². The number of rotatable bonds is 5. The highest BCUT2D eigenvalue weighted by molar-refractivity contribution is 6.46. The van der Waals surface area contributed by atoms with Gasteiger partial charge >= 0.3 is 0 Å². The summed E-state index contributed by atoms with van der Waals surface area (Å²) in [4.78, 5) is 28.1. The SMILES string of the molecule is COc1ccccc1CN1C(=O)C(=O)/C(=C(\O)c2ccc3c(c2)OCCO3)C1c1cccc(C)c1. The van der Waals surface area contributed by atoms with Gasteiger partial charge in [0.2, 0.25) is 0 Å². The third-order valence-electron chi connectivity index (χ3n) is 6.25. The number of benzene rings is 3. The number of fused-ring (bicyclic) bond motifs is 1. The normalized spacial score (nSPS) is 18.6. The van der Waals surface area contributed by atoms with Crippen LogP contribution in [0.2, 0.25) is 0 Å². The molecule has 1 saturated heterocycles. The lowest BCUT2D eigenvalue weighted by Crippen LogP contribution is -2.29. The van der Waals surface area contributed by atoms with Gasteiger partial charge in [0, 0.05) is 11.1 Å². The number of para-hydroxylation sites is 1. The first-order chi connectivity index (χ1) is 17.0. The zero-order chi connectivity index (χ0) is 24.5. The average Bonchev–Trinajstić information content (AvgIpc) is 3.13. The molecular formula is C28H25NO6. The highest BCUT2D eigenvalue weighted by Crippen LogP contribution is 2.42. The maximum atomic E-state index is 13.3. The summed E-state index contributed by atoms with van der Waals surface area (Å²) in [6.45, 7) is 2.92. The molecule has 3 aromatic rings. The fraction of sp³-hybridized carbons (Fsp3) is 0.214. The van der Waals surface area contributed by atoms with E-state index in [1.54, 1.807) is 25.3 Å². The zero-order valence-corrected chi connectivity index (χ0v) is 19.5. The second kappa shape index (κ2) is 9.18. The Balaban J connectivity index is 1.64. The highest BCUT2D eigenvalue weighted by atomic mass is 16.6. The minimum atomic E-state index is -0.770. The van der Waals surface area contributed by atoms with E-state index in [1.165, 1.54) is 4.90 Å². The van der Waals surface area contributed by atoms with Crippen molar-refractivity contribution < 1.29 is 28.9 Å². The van der Waals surface area contributed by atoms with Crippen LogP contribution in [0.4, 0.5) is 0 Å². The molecule has 0 bridgehead atoms. The van der Waals surface area contributed by atoms with Crippen LogP contribution in [0.15, 0.2) is 72.3 Å². The van der Waals surface area contributed by atoms with Crippen molar-refractivity contribution in [3.63, 3.8) is 0 Å². The molecule has 7 heteroatoms. The standard InChI is InChI=1S/C28H25NO6/c1-17-6-5-8-18(14-17)25-24(26(30)19-10-11-22-23(15-19)35-13-12-34-22)27(31)28(32)29(25)16-20-7-3-4-9-21(20)33-2/h3-11,14-15,25,30H,12-13,16H2,1-2H3/b26-24-. The number of hydrogen-bond acceptors (Lipinski definition) is 6. The Morgan fingerprint density at radius 2 is 1.77 bits per heavy atom. The van der Waals surface area contributed by atoms with Crippen molar-refractivity contribution in [2.24, 2.45) is 0 Å². The molecule has 0 spiro atoms. The van der Waals surface area contributed by atoms with Gasteiger partial charge < -0.3 is 24.2 Å². The number of aryl methyl sites for hydroxylation is 1. The Morgan fingerprint density at radius 1 is 1.00 bits per heavy atom. The van der Waals surface area contributed by atoms with E-state index in [2.05, 4.69) is 0 Å². The lowest BCUT2D eigenvalue weighted by Gasteiger charge is -2.26. The second-order valence-corrected chi connectivity index (χ2v) is 8.51. The van der Waals surface area contributed by atoms with Gasteiger partial charge in [0.1, 0.15) is 24.7 Å². The van der Waals surface area contributed by atoms with E-state index in [0.717, 1.165) is 16.7 Å². The fourth-order valence-electron chi connectivity index (χ4n) is 4.59. The molecule has 1 N–H and O–H groups in total. The fourth-order valence-corrected chi connectivity index (χ4v) is 4.59. The van der Waals surface area contributed by atoms with Gasteiger partial charge in [0.25, 0.3) is 11.7 Å². The second-order valence-electron chi connectivity index (χ2n) is 8.51. The van der Waals surface area contributed by atoms with Gasteiger partial charge in [-0.2, -0.15) is 0 Å². The van der Waals surface area contributed by atoms with E-state index in [9.17, 15) is 14.7 Å². The number of ether oxygens (including phenoxy) is 3. The van der Waals surface area contributed by atoms with Crippen molar-refractivity contribution in [1.82, 2.24) is 4.90 Å². The minimum Gasteiger partial charge on any atom is -0.507 e. The lowest BCUT2D eigenvalue weighted by atomic mass is 9.94. The molecule has 3 aromatic carbocycles. The first kappa shape index (κ1) is 22.5. The Labute approximate surface area is 203 Å². The molecule has 0 aliphatic carbocycles. The van der Waals surface area contributed by atoms with Crippen LogP contribution in [0.1, 0.15) is 28.3 Å². The predicted octanol–water partition coefficient (Wildman–Crippen LogP) is 4.40. The molecule has 178 valence electrons. The van der Waals surface area contributed by atoms with E-state index in [4.69, 9.17) is 14.2 Å². The molecule has 1 amide bonds. The zero-order valence-electron chi connectivity index (χ0n) is 19.5. The van der Waals surface area contributed by atoms with Crippen LogP contribution < -0.4 is 14.2 Å². The van der Waals surface area contributed by atoms with Crippen LogP contribution in [0.25, 0.3) is 5.76 Å². The van der Waals surface area contributed by atoms with E-state index in [-0.39, 0.29) is 17.9 Å². The number of amides is 1. The van der Waals surface area contributed by atoms with Crippen LogP contribution in [0, 0.1) is 6.92 Å². The number of Topliss-reactive ketones (excluding diaryl/α,β-unsaturated/α-hetero) is 1. The van der Waals surface area contributed by atoms with Crippen molar-refractivity contribution in [2.75, 3.05) is 20.3 Å². The van der Waals surface area contributed by atoms with Gasteiger partial charge in [-0.15, -0.1) is 0 Å². The number of carbonyl (C=O) groups excluding carboxylic acids is 2. The molecule has 2 aliphatic rings. The van der Waals surface area contributed by atoms with E-state index in [1.807, 2.05) is 55.5 Å². The maximum absolute atomic E-state index is 13.3. The molecule has 2 aliphatic heterocycles. The van der Waals surface area contributed by atoms with Crippen LogP contribution in [0.5, 0.6) is 17.2 Å². The Bertz CT molecular complexity index is 1340. The summed E-state index contributed by atoms with van der Waals surface area (Å²) in [5.74, 6) is -0.00537. The number of nitrogens with zero attached hydrogens (tertiary/aromatic N) is 1. The Morgan fingerprint density at radius 3 is 2.54 bits per heavy atom. The summed E-state index contributed by atoms with van der Waals surface area (Å²) < 4.78 is 16.7. The minimum absolute atomic E-state index is 0.0344. The summed E-state index contributed by atoms with van der Waals surface area (Å²) >= 11 is 0. The summed E-state index contributed by atoms with van der Waals surface area (Å²) in [5.41, 5.74) is 2.88. The highest BCUT2D eigenvalue weighted by Gasteiger charge is 2.46. The largest absolute Gasteiger partial charge is 0.507 e. The number of hydrogen-bond donors (Lipinski definition) is 1. The van der Waals surface area contributed by atoms with Crippen LogP contribution in [-0.4, -0.2) is 42.0 Å². The third-order valence-corrected chi connectivity index (χ3v) is 6.25. The van der Waals surface area contributed by atoms with Gasteiger partial charge in [0.15, 0.2) is 11.5 Å². The smallest absolute Gasteiger partial charge is 0.295 e. The lowest BCUT2D eigenvalue weighted by molar-refractivity contribution is -0.140. The van der Waals surface area contributed by atoms with Crippen LogP contribution in [0.3, 0.4) is 0 Å². The predicted molar refractivity (Wildman–Crippen MR) is 129 cm³/mol. The Hall–Kier alpha value is -4.26. The van der Waals surface area contributed by atoms with Crippen LogP contribution in [-0.2, 0) is 16.1 Å².